The maximum absolute atomic E-state index is 12.2. The molecule has 3 rings (SSSR count). The normalized spacial score (nSPS) is 14.3. The Hall–Kier alpha value is -3.09. The van der Waals surface area contributed by atoms with Crippen molar-refractivity contribution in [1.29, 1.82) is 0 Å². The predicted octanol–water partition coefficient (Wildman–Crippen LogP) is 2.48. The monoisotopic (exact) mass is 370 g/mol. The lowest BCUT2D eigenvalue weighted by atomic mass is 9.98. The maximum Gasteiger partial charge on any atom is 0.321 e. The van der Waals surface area contributed by atoms with E-state index in [4.69, 9.17) is 9.47 Å². The van der Waals surface area contributed by atoms with Crippen molar-refractivity contribution in [2.75, 3.05) is 13.7 Å². The van der Waals surface area contributed by atoms with E-state index in [9.17, 15) is 14.4 Å². The highest BCUT2D eigenvalue weighted by molar-refractivity contribution is 5.96. The van der Waals surface area contributed by atoms with Gasteiger partial charge in [0.05, 0.1) is 13.0 Å². The van der Waals surface area contributed by atoms with Gasteiger partial charge in [0, 0.05) is 6.04 Å². The second-order valence-corrected chi connectivity index (χ2v) is 6.60. The number of hydrogen-bond acceptors (Lipinski definition) is 5. The molecule has 1 aliphatic rings. The lowest BCUT2D eigenvalue weighted by molar-refractivity contribution is -0.149. The fourth-order valence-corrected chi connectivity index (χ4v) is 2.65. The number of hydrogen-bond donors (Lipinski definition) is 2. The summed E-state index contributed by atoms with van der Waals surface area (Å²) in [7, 11) is 1.61. The van der Waals surface area contributed by atoms with E-state index in [0.29, 0.717) is 0 Å². The van der Waals surface area contributed by atoms with Gasteiger partial charge in [-0.25, -0.2) is 4.79 Å². The summed E-state index contributed by atoms with van der Waals surface area (Å²) < 4.78 is 10.2. The van der Waals surface area contributed by atoms with E-state index in [1.807, 2.05) is 36.4 Å². The van der Waals surface area contributed by atoms with Gasteiger partial charge >= 0.3 is 12.0 Å². The molecular formula is C20H22N2O5. The van der Waals surface area contributed by atoms with Gasteiger partial charge in [-0.15, -0.1) is 0 Å². The van der Waals surface area contributed by atoms with Crippen molar-refractivity contribution in [3.8, 4) is 5.75 Å². The number of amides is 3. The molecule has 1 atom stereocenters. The first kappa shape index (κ1) is 18.7. The van der Waals surface area contributed by atoms with Gasteiger partial charge in [-0.1, -0.05) is 24.3 Å². The van der Waals surface area contributed by atoms with Crippen LogP contribution in [0.15, 0.2) is 36.4 Å². The van der Waals surface area contributed by atoms with E-state index < -0.39 is 30.4 Å². The zero-order chi connectivity index (χ0) is 19.4. The first-order chi connectivity index (χ1) is 13.0. The Balaban J connectivity index is 1.55. The van der Waals surface area contributed by atoms with E-state index in [0.717, 1.165) is 34.9 Å². The van der Waals surface area contributed by atoms with Crippen LogP contribution in [0.4, 0.5) is 4.79 Å². The smallest absolute Gasteiger partial charge is 0.321 e. The molecule has 0 saturated heterocycles. The summed E-state index contributed by atoms with van der Waals surface area (Å²) in [4.78, 5) is 35.4. The van der Waals surface area contributed by atoms with Crippen molar-refractivity contribution in [1.82, 2.24) is 10.6 Å². The molecule has 1 saturated carbocycles. The molecule has 3 amide bonds. The third-order valence-electron chi connectivity index (χ3n) is 4.44. The number of carbonyl (C=O) groups excluding carboxylic acids is 3. The van der Waals surface area contributed by atoms with Gasteiger partial charge in [-0.2, -0.15) is 0 Å². The summed E-state index contributed by atoms with van der Waals surface area (Å²) in [6.07, 6.45) is 1.85. The summed E-state index contributed by atoms with van der Waals surface area (Å²) in [6, 6.07) is 10.9. The van der Waals surface area contributed by atoms with Crippen LogP contribution in [0.3, 0.4) is 0 Å². The maximum atomic E-state index is 12.2. The minimum Gasteiger partial charge on any atom is -0.497 e. The van der Waals surface area contributed by atoms with Crippen LogP contribution in [0.5, 0.6) is 5.75 Å². The molecule has 0 heterocycles. The number of fused-ring (bicyclic) bond motifs is 1. The van der Waals surface area contributed by atoms with Crippen molar-refractivity contribution >= 4 is 28.7 Å². The largest absolute Gasteiger partial charge is 0.497 e. The molecule has 0 aliphatic heterocycles. The number of imide groups is 1. The zero-order valence-electron chi connectivity index (χ0n) is 15.3. The molecule has 27 heavy (non-hydrogen) atoms. The lowest BCUT2D eigenvalue weighted by Gasteiger charge is -2.13. The van der Waals surface area contributed by atoms with Gasteiger partial charge in [0.15, 0.2) is 6.61 Å². The number of rotatable bonds is 6. The van der Waals surface area contributed by atoms with Crippen LogP contribution in [-0.4, -0.2) is 37.7 Å². The molecule has 0 radical (unpaired) electrons. The standard InChI is InChI=1S/C20H22N2O5/c1-12(13-3-4-15-10-17(26-2)8-5-14(15)9-13)19(24)27-11-18(23)22-20(25)21-16-6-7-16/h3-5,8-10,12,16H,6-7,11H2,1-2H3,(H2,21,22,23,25)/t12-/m0/s1. The van der Waals surface area contributed by atoms with Crippen molar-refractivity contribution in [2.45, 2.75) is 31.7 Å². The molecule has 7 nitrogen and oxygen atoms in total. The van der Waals surface area contributed by atoms with Crippen LogP contribution in [0, 0.1) is 0 Å². The number of ether oxygens (including phenoxy) is 2. The molecule has 0 bridgehead atoms. The molecule has 2 aromatic rings. The van der Waals surface area contributed by atoms with Crippen molar-refractivity contribution in [3.63, 3.8) is 0 Å². The Morgan fingerprint density at radius 1 is 1.11 bits per heavy atom. The Bertz CT molecular complexity index is 876. The van der Waals surface area contributed by atoms with Crippen LogP contribution in [-0.2, 0) is 14.3 Å². The fourth-order valence-electron chi connectivity index (χ4n) is 2.65. The number of esters is 1. The Labute approximate surface area is 157 Å². The van der Waals surface area contributed by atoms with Crippen LogP contribution < -0.4 is 15.4 Å². The molecule has 7 heteroatoms. The Kier molecular flexibility index (Phi) is 5.59. The third kappa shape index (κ3) is 4.97. The van der Waals surface area contributed by atoms with E-state index in [-0.39, 0.29) is 6.04 Å². The topological polar surface area (TPSA) is 93.7 Å². The van der Waals surface area contributed by atoms with Crippen LogP contribution >= 0.6 is 0 Å². The highest BCUT2D eigenvalue weighted by atomic mass is 16.5. The van der Waals surface area contributed by atoms with Crippen LogP contribution in [0.1, 0.15) is 31.2 Å². The van der Waals surface area contributed by atoms with Gasteiger partial charge in [-0.3, -0.25) is 14.9 Å². The average molecular weight is 370 g/mol. The second kappa shape index (κ2) is 8.07. The van der Waals surface area contributed by atoms with Gasteiger partial charge in [0.1, 0.15) is 5.75 Å². The van der Waals surface area contributed by atoms with Crippen molar-refractivity contribution < 1.29 is 23.9 Å². The summed E-state index contributed by atoms with van der Waals surface area (Å²) >= 11 is 0. The Morgan fingerprint density at radius 2 is 1.81 bits per heavy atom. The Morgan fingerprint density at radius 3 is 2.52 bits per heavy atom. The predicted molar refractivity (Wildman–Crippen MR) is 99.6 cm³/mol. The van der Waals surface area contributed by atoms with Gasteiger partial charge in [-0.05, 0) is 48.2 Å². The van der Waals surface area contributed by atoms with Crippen LogP contribution in [0.2, 0.25) is 0 Å². The summed E-state index contributed by atoms with van der Waals surface area (Å²) in [5.41, 5.74) is 0.782. The van der Waals surface area contributed by atoms with Crippen LogP contribution in [0.25, 0.3) is 10.8 Å². The molecule has 0 spiro atoms. The summed E-state index contributed by atoms with van der Waals surface area (Å²) in [6.45, 7) is 1.22. The van der Waals surface area contributed by atoms with E-state index in [1.165, 1.54) is 0 Å². The molecule has 142 valence electrons. The summed E-state index contributed by atoms with van der Waals surface area (Å²) in [5.74, 6) is -0.955. The number of methoxy groups -OCH3 is 1. The molecule has 2 aromatic carbocycles. The number of urea groups is 1. The fraction of sp³-hybridized carbons (Fsp3) is 0.350. The third-order valence-corrected chi connectivity index (χ3v) is 4.44. The first-order valence-electron chi connectivity index (χ1n) is 8.81. The quantitative estimate of drug-likeness (QED) is 0.762. The van der Waals surface area contributed by atoms with Gasteiger partial charge in [0.2, 0.25) is 0 Å². The molecule has 1 aliphatic carbocycles. The van der Waals surface area contributed by atoms with Crippen molar-refractivity contribution in [2.24, 2.45) is 0 Å². The van der Waals surface area contributed by atoms with E-state index >= 15 is 0 Å². The molecule has 2 N–H and O–H groups in total. The van der Waals surface area contributed by atoms with Gasteiger partial charge in [0.25, 0.3) is 5.91 Å². The minimum atomic E-state index is -0.653. The minimum absolute atomic E-state index is 0.147. The van der Waals surface area contributed by atoms with Crippen molar-refractivity contribution in [3.05, 3.63) is 42.0 Å². The number of benzene rings is 2. The molecular weight excluding hydrogens is 348 g/mol. The first-order valence-corrected chi connectivity index (χ1v) is 8.81. The highest BCUT2D eigenvalue weighted by Crippen LogP contribution is 2.25. The van der Waals surface area contributed by atoms with Gasteiger partial charge < -0.3 is 14.8 Å². The SMILES string of the molecule is COc1ccc2cc([C@H](C)C(=O)OCC(=O)NC(=O)NC3CC3)ccc2c1. The molecule has 1 fully saturated rings. The second-order valence-electron chi connectivity index (χ2n) is 6.60. The zero-order valence-corrected chi connectivity index (χ0v) is 15.3. The molecule has 0 unspecified atom stereocenters. The number of nitrogens with one attached hydrogen (secondary N) is 2. The molecule has 0 aromatic heterocycles. The summed E-state index contributed by atoms with van der Waals surface area (Å²) in [5, 5.41) is 6.74. The average Bonchev–Trinajstić information content (AvgIpc) is 3.48. The highest BCUT2D eigenvalue weighted by Gasteiger charge is 2.24. The van der Waals surface area contributed by atoms with E-state index in [2.05, 4.69) is 10.6 Å². The number of carbonyl (C=O) groups is 3. The lowest BCUT2D eigenvalue weighted by Crippen LogP contribution is -2.42. The van der Waals surface area contributed by atoms with E-state index in [1.54, 1.807) is 14.0 Å².